The summed E-state index contributed by atoms with van der Waals surface area (Å²) in [5.41, 5.74) is 1.06. The number of nitrogens with one attached hydrogen (secondary N) is 2. The van der Waals surface area contributed by atoms with Gasteiger partial charge >= 0.3 is 5.69 Å². The zero-order valence-corrected chi connectivity index (χ0v) is 12.7. The summed E-state index contributed by atoms with van der Waals surface area (Å²) in [5, 5.41) is 3.23. The maximum Gasteiger partial charge on any atom is 0.348 e. The Morgan fingerprint density at radius 1 is 1.17 bits per heavy atom. The molecule has 23 heavy (non-hydrogen) atoms. The third-order valence-corrected chi connectivity index (χ3v) is 3.13. The molecule has 0 atom stereocenters. The number of hydrogen-bond donors (Lipinski definition) is 2. The predicted molar refractivity (Wildman–Crippen MR) is 88.2 cm³/mol. The molecular formula is C16H13ClN4O2. The van der Waals surface area contributed by atoms with Crippen LogP contribution >= 0.6 is 11.6 Å². The molecule has 0 spiro atoms. The highest BCUT2D eigenvalue weighted by Gasteiger charge is 2.02. The molecule has 0 bridgehead atoms. The molecule has 0 amide bonds. The van der Waals surface area contributed by atoms with Crippen LogP contribution in [0.15, 0.2) is 59.5 Å². The molecule has 2 heterocycles. The first-order chi connectivity index (χ1) is 11.2. The normalized spacial score (nSPS) is 10.3. The van der Waals surface area contributed by atoms with E-state index in [1.165, 1.54) is 6.07 Å². The van der Waals surface area contributed by atoms with Crippen LogP contribution in [0.3, 0.4) is 0 Å². The van der Waals surface area contributed by atoms with E-state index in [4.69, 9.17) is 16.3 Å². The van der Waals surface area contributed by atoms with Crippen LogP contribution < -0.4 is 15.7 Å². The molecule has 2 aromatic heterocycles. The van der Waals surface area contributed by atoms with Crippen molar-refractivity contribution in [1.82, 2.24) is 15.0 Å². The molecule has 0 unspecified atom stereocenters. The molecule has 0 saturated heterocycles. The van der Waals surface area contributed by atoms with Gasteiger partial charge in [-0.25, -0.2) is 4.79 Å². The SMILES string of the molecule is O=c1nc(Nc2cccc(OCc3ccccn3)c2)cc(Cl)[nH]1. The average Bonchev–Trinajstić information content (AvgIpc) is 2.53. The van der Waals surface area contributed by atoms with Crippen LogP contribution in [-0.4, -0.2) is 15.0 Å². The van der Waals surface area contributed by atoms with Crippen molar-refractivity contribution in [3.05, 3.63) is 76.1 Å². The minimum atomic E-state index is -0.512. The second-order valence-electron chi connectivity index (χ2n) is 4.68. The molecular weight excluding hydrogens is 316 g/mol. The molecule has 0 aliphatic heterocycles. The van der Waals surface area contributed by atoms with Crippen molar-refractivity contribution in [2.45, 2.75) is 6.61 Å². The highest BCUT2D eigenvalue weighted by molar-refractivity contribution is 6.29. The van der Waals surface area contributed by atoms with Crippen molar-refractivity contribution in [3.8, 4) is 5.75 Å². The van der Waals surface area contributed by atoms with E-state index in [2.05, 4.69) is 20.3 Å². The van der Waals surface area contributed by atoms with Gasteiger partial charge in [-0.15, -0.1) is 0 Å². The third kappa shape index (κ3) is 4.31. The second-order valence-corrected chi connectivity index (χ2v) is 5.09. The van der Waals surface area contributed by atoms with Gasteiger partial charge in [-0.3, -0.25) is 9.97 Å². The van der Waals surface area contributed by atoms with E-state index >= 15 is 0 Å². The minimum Gasteiger partial charge on any atom is -0.487 e. The summed E-state index contributed by atoms with van der Waals surface area (Å²) < 4.78 is 5.70. The molecule has 0 saturated carbocycles. The molecule has 6 nitrogen and oxygen atoms in total. The number of H-pyrrole nitrogens is 1. The first-order valence-electron chi connectivity index (χ1n) is 6.86. The fourth-order valence-corrected chi connectivity index (χ4v) is 2.13. The van der Waals surface area contributed by atoms with Gasteiger partial charge in [0, 0.05) is 24.0 Å². The summed E-state index contributed by atoms with van der Waals surface area (Å²) in [6.45, 7) is 0.374. The molecule has 1 aromatic carbocycles. The zero-order valence-electron chi connectivity index (χ0n) is 12.0. The number of hydrogen-bond acceptors (Lipinski definition) is 5. The van der Waals surface area contributed by atoms with Crippen molar-refractivity contribution in [1.29, 1.82) is 0 Å². The quantitative estimate of drug-likeness (QED) is 0.703. The molecule has 3 rings (SSSR count). The van der Waals surface area contributed by atoms with Gasteiger partial charge in [-0.05, 0) is 24.3 Å². The number of halogens is 1. The Bertz CT molecular complexity index is 852. The van der Waals surface area contributed by atoms with E-state index in [1.807, 2.05) is 36.4 Å². The van der Waals surface area contributed by atoms with Gasteiger partial charge in [-0.1, -0.05) is 23.7 Å². The summed E-state index contributed by atoms with van der Waals surface area (Å²) >= 11 is 5.80. The molecule has 7 heteroatoms. The fourth-order valence-electron chi connectivity index (χ4n) is 1.94. The molecule has 0 aliphatic rings. The van der Waals surface area contributed by atoms with Gasteiger partial charge in [0.15, 0.2) is 0 Å². The largest absolute Gasteiger partial charge is 0.487 e. The van der Waals surface area contributed by atoms with Gasteiger partial charge < -0.3 is 10.1 Å². The van der Waals surface area contributed by atoms with Crippen LogP contribution in [0.2, 0.25) is 5.15 Å². The minimum absolute atomic E-state index is 0.218. The summed E-state index contributed by atoms with van der Waals surface area (Å²) in [7, 11) is 0. The lowest BCUT2D eigenvalue weighted by molar-refractivity contribution is 0.301. The number of nitrogens with zero attached hydrogens (tertiary/aromatic N) is 2. The Hall–Kier alpha value is -2.86. The standard InChI is InChI=1S/C16H13ClN4O2/c17-14-9-15(21-16(22)20-14)19-11-5-3-6-13(8-11)23-10-12-4-1-2-7-18-12/h1-9H,10H2,(H2,19,20,21,22). The highest BCUT2D eigenvalue weighted by Crippen LogP contribution is 2.21. The predicted octanol–water partition coefficient (Wildman–Crippen LogP) is 3.14. The number of ether oxygens (including phenoxy) is 1. The van der Waals surface area contributed by atoms with Gasteiger partial charge in [0.1, 0.15) is 23.3 Å². The third-order valence-electron chi connectivity index (χ3n) is 2.93. The van der Waals surface area contributed by atoms with Gasteiger partial charge in [0.05, 0.1) is 5.69 Å². The summed E-state index contributed by atoms with van der Waals surface area (Å²) in [4.78, 5) is 21.7. The zero-order chi connectivity index (χ0) is 16.1. The summed E-state index contributed by atoms with van der Waals surface area (Å²) in [6.07, 6.45) is 1.72. The lowest BCUT2D eigenvalue weighted by Gasteiger charge is -2.09. The monoisotopic (exact) mass is 328 g/mol. The lowest BCUT2D eigenvalue weighted by atomic mass is 10.3. The molecule has 0 aliphatic carbocycles. The van der Waals surface area contributed by atoms with Gasteiger partial charge in [0.25, 0.3) is 0 Å². The molecule has 116 valence electrons. The number of aromatic nitrogens is 3. The van der Waals surface area contributed by atoms with Gasteiger partial charge in [-0.2, -0.15) is 4.98 Å². The number of pyridine rings is 1. The van der Waals surface area contributed by atoms with Gasteiger partial charge in [0.2, 0.25) is 0 Å². The second kappa shape index (κ2) is 6.93. The first-order valence-corrected chi connectivity index (χ1v) is 7.23. The maximum atomic E-state index is 11.3. The number of anilines is 2. The summed E-state index contributed by atoms with van der Waals surface area (Å²) in [5.74, 6) is 1.04. The average molecular weight is 329 g/mol. The van der Waals surface area contributed by atoms with E-state index in [0.29, 0.717) is 18.2 Å². The first kappa shape index (κ1) is 15.1. The summed E-state index contributed by atoms with van der Waals surface area (Å²) in [6, 6.07) is 14.5. The molecule has 0 fully saturated rings. The lowest BCUT2D eigenvalue weighted by Crippen LogP contribution is -2.11. The Morgan fingerprint density at radius 3 is 2.87 bits per heavy atom. The Kier molecular flexibility index (Phi) is 4.54. The van der Waals surface area contributed by atoms with Crippen molar-refractivity contribution in [3.63, 3.8) is 0 Å². The Labute approximate surface area is 137 Å². The molecule has 2 N–H and O–H groups in total. The van der Waals surface area contributed by atoms with E-state index in [9.17, 15) is 4.79 Å². The molecule has 3 aromatic rings. The van der Waals surface area contributed by atoms with Crippen molar-refractivity contribution in [2.75, 3.05) is 5.32 Å². The number of aromatic amines is 1. The van der Waals surface area contributed by atoms with Crippen LogP contribution in [0.25, 0.3) is 0 Å². The van der Waals surface area contributed by atoms with Crippen molar-refractivity contribution >= 4 is 23.1 Å². The number of rotatable bonds is 5. The van der Waals surface area contributed by atoms with Crippen molar-refractivity contribution < 1.29 is 4.74 Å². The number of benzene rings is 1. The smallest absolute Gasteiger partial charge is 0.348 e. The van der Waals surface area contributed by atoms with Crippen molar-refractivity contribution in [2.24, 2.45) is 0 Å². The Balaban J connectivity index is 1.71. The highest BCUT2D eigenvalue weighted by atomic mass is 35.5. The van der Waals surface area contributed by atoms with Crippen LogP contribution in [0.4, 0.5) is 11.5 Å². The van der Waals surface area contributed by atoms with Crippen LogP contribution in [0, 0.1) is 0 Å². The van der Waals surface area contributed by atoms with Crippen LogP contribution in [-0.2, 0) is 6.61 Å². The van der Waals surface area contributed by atoms with E-state index in [0.717, 1.165) is 11.4 Å². The molecule has 0 radical (unpaired) electrons. The van der Waals surface area contributed by atoms with E-state index in [-0.39, 0.29) is 5.15 Å². The van der Waals surface area contributed by atoms with E-state index in [1.54, 1.807) is 12.3 Å². The maximum absolute atomic E-state index is 11.3. The van der Waals surface area contributed by atoms with Crippen LogP contribution in [0.5, 0.6) is 5.75 Å². The van der Waals surface area contributed by atoms with E-state index < -0.39 is 5.69 Å². The van der Waals surface area contributed by atoms with Crippen LogP contribution in [0.1, 0.15) is 5.69 Å². The topological polar surface area (TPSA) is 79.9 Å². The fraction of sp³-hybridized carbons (Fsp3) is 0.0625. The Morgan fingerprint density at radius 2 is 2.09 bits per heavy atom.